The van der Waals surface area contributed by atoms with Gasteiger partial charge in [0.1, 0.15) is 0 Å². The molecule has 0 aliphatic rings. The lowest BCUT2D eigenvalue weighted by Crippen LogP contribution is -2.05. The highest BCUT2D eigenvalue weighted by Crippen LogP contribution is 2.20. The topological polar surface area (TPSA) is 73.3 Å². The average Bonchev–Trinajstić information content (AvgIpc) is 2.62. The van der Waals surface area contributed by atoms with Crippen molar-refractivity contribution in [2.45, 2.75) is 6.54 Å². The smallest absolute Gasteiger partial charge is 0.169 e. The van der Waals surface area contributed by atoms with Crippen LogP contribution < -0.4 is 5.73 Å². The van der Waals surface area contributed by atoms with E-state index in [0.717, 1.165) is 5.56 Å². The molecule has 0 amide bonds. The van der Waals surface area contributed by atoms with Gasteiger partial charge in [-0.15, -0.1) is 4.91 Å². The third-order valence-electron chi connectivity index (χ3n) is 2.13. The Morgan fingerprint density at radius 3 is 2.67 bits per heavy atom. The van der Waals surface area contributed by atoms with Crippen LogP contribution in [0, 0.1) is 4.91 Å². The quantitative estimate of drug-likeness (QED) is 0.772. The summed E-state index contributed by atoms with van der Waals surface area (Å²) in [5.41, 5.74) is 6.93. The van der Waals surface area contributed by atoms with Gasteiger partial charge in [-0.2, -0.15) is 5.10 Å². The van der Waals surface area contributed by atoms with Crippen molar-refractivity contribution in [3.63, 3.8) is 0 Å². The van der Waals surface area contributed by atoms with Crippen molar-refractivity contribution in [1.82, 2.24) is 9.78 Å². The van der Waals surface area contributed by atoms with Gasteiger partial charge in [-0.05, 0) is 10.7 Å². The van der Waals surface area contributed by atoms with Crippen LogP contribution in [0.2, 0.25) is 0 Å². The lowest BCUT2D eigenvalue weighted by atomic mass is 10.2. The molecule has 2 rings (SSSR count). The fourth-order valence-corrected chi connectivity index (χ4v) is 1.34. The summed E-state index contributed by atoms with van der Waals surface area (Å²) < 4.78 is 1.55. The van der Waals surface area contributed by atoms with Crippen molar-refractivity contribution in [1.29, 1.82) is 0 Å². The van der Waals surface area contributed by atoms with Crippen molar-refractivity contribution >= 4 is 11.5 Å². The van der Waals surface area contributed by atoms with Crippen LogP contribution in [-0.4, -0.2) is 9.78 Å². The fraction of sp³-hybridized carbons (Fsp3) is 0.100. The number of aromatic nitrogens is 2. The molecule has 0 saturated carbocycles. The van der Waals surface area contributed by atoms with E-state index in [1.54, 1.807) is 4.68 Å². The van der Waals surface area contributed by atoms with Crippen LogP contribution in [0.1, 0.15) is 5.56 Å². The summed E-state index contributed by atoms with van der Waals surface area (Å²) in [5.74, 6) is 0.300. The Labute approximate surface area is 86.5 Å². The van der Waals surface area contributed by atoms with Crippen molar-refractivity contribution < 1.29 is 0 Å². The number of benzene rings is 1. The Morgan fingerprint density at radius 1 is 1.33 bits per heavy atom. The molecule has 5 nitrogen and oxygen atoms in total. The normalized spacial score (nSPS) is 10.1. The minimum atomic E-state index is 0.186. The van der Waals surface area contributed by atoms with E-state index in [1.165, 1.54) is 6.20 Å². The van der Waals surface area contributed by atoms with Crippen LogP contribution in [0.3, 0.4) is 0 Å². The van der Waals surface area contributed by atoms with Gasteiger partial charge in [0, 0.05) is 0 Å². The number of nitrogen functional groups attached to an aromatic ring is 1. The molecule has 1 heterocycles. The molecule has 0 bridgehead atoms. The number of hydrogen-bond acceptors (Lipinski definition) is 4. The Balaban J connectivity index is 2.25. The first-order valence-electron chi connectivity index (χ1n) is 4.50. The number of hydrogen-bond donors (Lipinski definition) is 1. The Morgan fingerprint density at radius 2 is 2.07 bits per heavy atom. The summed E-state index contributed by atoms with van der Waals surface area (Å²) in [4.78, 5) is 10.3. The van der Waals surface area contributed by atoms with Crippen LogP contribution in [0.5, 0.6) is 0 Å². The van der Waals surface area contributed by atoms with Gasteiger partial charge in [0.15, 0.2) is 11.5 Å². The van der Waals surface area contributed by atoms with E-state index in [2.05, 4.69) is 10.3 Å². The summed E-state index contributed by atoms with van der Waals surface area (Å²) in [5, 5.41) is 6.75. The maximum atomic E-state index is 10.3. The van der Waals surface area contributed by atoms with Crippen LogP contribution in [0.25, 0.3) is 0 Å². The second-order valence-corrected chi connectivity index (χ2v) is 3.15. The van der Waals surface area contributed by atoms with Gasteiger partial charge in [-0.1, -0.05) is 30.3 Å². The number of nitrogens with two attached hydrogens (primary N) is 1. The minimum absolute atomic E-state index is 0.186. The molecule has 0 fully saturated rings. The first kappa shape index (κ1) is 9.39. The lowest BCUT2D eigenvalue weighted by Gasteiger charge is -2.03. The molecule has 15 heavy (non-hydrogen) atoms. The molecule has 76 valence electrons. The molecule has 2 N–H and O–H groups in total. The maximum Gasteiger partial charge on any atom is 0.169 e. The van der Waals surface area contributed by atoms with E-state index in [4.69, 9.17) is 5.73 Å². The van der Waals surface area contributed by atoms with Crippen molar-refractivity contribution in [2.75, 3.05) is 5.73 Å². The van der Waals surface area contributed by atoms with E-state index < -0.39 is 0 Å². The van der Waals surface area contributed by atoms with Gasteiger partial charge < -0.3 is 5.73 Å². The molecule has 0 saturated heterocycles. The number of anilines is 1. The summed E-state index contributed by atoms with van der Waals surface area (Å²) >= 11 is 0. The van der Waals surface area contributed by atoms with Crippen LogP contribution in [-0.2, 0) is 6.54 Å². The molecule has 0 spiro atoms. The molecule has 1 aromatic heterocycles. The van der Waals surface area contributed by atoms with Crippen LogP contribution in [0.15, 0.2) is 41.7 Å². The fourth-order valence-electron chi connectivity index (χ4n) is 1.34. The van der Waals surface area contributed by atoms with Crippen molar-refractivity contribution in [2.24, 2.45) is 5.18 Å². The molecule has 0 aliphatic heterocycles. The van der Waals surface area contributed by atoms with E-state index in [0.29, 0.717) is 12.4 Å². The molecule has 5 heteroatoms. The summed E-state index contributed by atoms with van der Waals surface area (Å²) in [6, 6.07) is 9.75. The second-order valence-electron chi connectivity index (χ2n) is 3.15. The van der Waals surface area contributed by atoms with E-state index in [-0.39, 0.29) is 5.69 Å². The van der Waals surface area contributed by atoms with Crippen LogP contribution in [0.4, 0.5) is 11.5 Å². The Kier molecular flexibility index (Phi) is 2.45. The zero-order valence-corrected chi connectivity index (χ0v) is 8.00. The van der Waals surface area contributed by atoms with Crippen LogP contribution >= 0.6 is 0 Å². The van der Waals surface area contributed by atoms with Gasteiger partial charge in [-0.25, -0.2) is 4.68 Å². The molecule has 0 radical (unpaired) electrons. The minimum Gasteiger partial charge on any atom is -0.382 e. The van der Waals surface area contributed by atoms with E-state index in [9.17, 15) is 4.91 Å². The summed E-state index contributed by atoms with van der Waals surface area (Å²) in [7, 11) is 0. The lowest BCUT2D eigenvalue weighted by molar-refractivity contribution is 0.697. The van der Waals surface area contributed by atoms with Gasteiger partial charge in [-0.3, -0.25) is 0 Å². The van der Waals surface area contributed by atoms with Crippen molar-refractivity contribution in [3.05, 3.63) is 47.0 Å². The largest absolute Gasteiger partial charge is 0.382 e. The monoisotopic (exact) mass is 202 g/mol. The van der Waals surface area contributed by atoms with Gasteiger partial charge in [0.25, 0.3) is 0 Å². The molecule has 0 aliphatic carbocycles. The predicted octanol–water partition coefficient (Wildman–Crippen LogP) is 1.91. The molecule has 0 atom stereocenters. The zero-order valence-electron chi connectivity index (χ0n) is 8.00. The molecule has 0 unspecified atom stereocenters. The van der Waals surface area contributed by atoms with Crippen molar-refractivity contribution in [3.8, 4) is 0 Å². The maximum absolute atomic E-state index is 10.3. The Bertz CT molecular complexity index is 464. The molecule has 2 aromatic rings. The van der Waals surface area contributed by atoms with Gasteiger partial charge >= 0.3 is 0 Å². The van der Waals surface area contributed by atoms with E-state index >= 15 is 0 Å². The number of rotatable bonds is 3. The second kappa shape index (κ2) is 3.91. The Hall–Kier alpha value is -2.17. The summed E-state index contributed by atoms with van der Waals surface area (Å²) in [6.07, 6.45) is 1.37. The zero-order chi connectivity index (χ0) is 10.7. The first-order chi connectivity index (χ1) is 7.31. The highest BCUT2D eigenvalue weighted by molar-refractivity contribution is 5.56. The molecule has 1 aromatic carbocycles. The number of nitroso groups, excluding NO2 is 1. The third-order valence-corrected chi connectivity index (χ3v) is 2.13. The third kappa shape index (κ3) is 1.85. The van der Waals surface area contributed by atoms with Gasteiger partial charge in [0.2, 0.25) is 0 Å². The first-order valence-corrected chi connectivity index (χ1v) is 4.50. The SMILES string of the molecule is Nc1c(N=O)cnn1Cc1ccccc1. The molecular formula is C10H10N4O. The number of nitrogens with zero attached hydrogens (tertiary/aromatic N) is 3. The molecular weight excluding hydrogens is 192 g/mol. The average molecular weight is 202 g/mol. The standard InChI is InChI=1S/C10H10N4O/c11-10-9(13-15)6-12-14(10)7-8-4-2-1-3-5-8/h1-6H,7,11H2. The highest BCUT2D eigenvalue weighted by Gasteiger charge is 2.07. The highest BCUT2D eigenvalue weighted by atomic mass is 16.3. The van der Waals surface area contributed by atoms with Gasteiger partial charge in [0.05, 0.1) is 12.7 Å². The predicted molar refractivity (Wildman–Crippen MR) is 57.6 cm³/mol. The van der Waals surface area contributed by atoms with E-state index in [1.807, 2.05) is 30.3 Å². The summed E-state index contributed by atoms with van der Waals surface area (Å²) in [6.45, 7) is 0.544.